The standard InChI is InChI=1S/C10H12O2.3C2H6/c1-2-9(10(11)12)8-6-4-3-5-7-8;3*1-2/h3-7,9H,2H2,1H3,(H,11,12);3*1-2H3. The molecule has 106 valence electrons. The summed E-state index contributed by atoms with van der Waals surface area (Å²) in [5.74, 6) is -1.10. The lowest BCUT2D eigenvalue weighted by Gasteiger charge is -2.08. The summed E-state index contributed by atoms with van der Waals surface area (Å²) in [6.07, 6.45) is 0.638. The molecule has 1 N–H and O–H groups in total. The molecule has 0 aliphatic rings. The predicted molar refractivity (Wildman–Crippen MR) is 81.2 cm³/mol. The molecule has 1 unspecified atom stereocenters. The van der Waals surface area contributed by atoms with Gasteiger partial charge in [0.1, 0.15) is 0 Å². The zero-order valence-corrected chi connectivity index (χ0v) is 13.0. The first-order valence-corrected chi connectivity index (χ1v) is 7.03. The quantitative estimate of drug-likeness (QED) is 0.790. The van der Waals surface area contributed by atoms with Crippen molar-refractivity contribution in [1.82, 2.24) is 0 Å². The summed E-state index contributed by atoms with van der Waals surface area (Å²) in [5, 5.41) is 8.83. The van der Waals surface area contributed by atoms with Crippen LogP contribution < -0.4 is 0 Å². The predicted octanol–water partition coefficient (Wildman–Crippen LogP) is 5.34. The van der Waals surface area contributed by atoms with Crippen LogP contribution in [0.1, 0.15) is 66.4 Å². The second-order valence-electron chi connectivity index (χ2n) is 2.71. The fourth-order valence-electron chi connectivity index (χ4n) is 1.24. The largest absolute Gasteiger partial charge is 0.481 e. The first-order valence-electron chi connectivity index (χ1n) is 7.03. The van der Waals surface area contributed by atoms with E-state index in [0.717, 1.165) is 5.56 Å². The van der Waals surface area contributed by atoms with Crippen LogP contribution in [0.15, 0.2) is 30.3 Å². The van der Waals surface area contributed by atoms with E-state index in [1.165, 1.54) is 0 Å². The summed E-state index contributed by atoms with van der Waals surface area (Å²) >= 11 is 0. The summed E-state index contributed by atoms with van der Waals surface area (Å²) in [6.45, 7) is 13.9. The summed E-state index contributed by atoms with van der Waals surface area (Å²) in [5.41, 5.74) is 0.882. The van der Waals surface area contributed by atoms with E-state index in [2.05, 4.69) is 0 Å². The summed E-state index contributed by atoms with van der Waals surface area (Å²) in [4.78, 5) is 10.7. The van der Waals surface area contributed by atoms with Gasteiger partial charge in [-0.05, 0) is 12.0 Å². The number of benzene rings is 1. The second kappa shape index (κ2) is 18.1. The third-order valence-electron chi connectivity index (χ3n) is 1.91. The minimum Gasteiger partial charge on any atom is -0.481 e. The highest BCUT2D eigenvalue weighted by molar-refractivity contribution is 5.75. The maximum atomic E-state index is 10.7. The number of rotatable bonds is 3. The van der Waals surface area contributed by atoms with Gasteiger partial charge in [-0.25, -0.2) is 0 Å². The minimum atomic E-state index is -0.747. The van der Waals surface area contributed by atoms with E-state index in [-0.39, 0.29) is 5.92 Å². The van der Waals surface area contributed by atoms with Crippen molar-refractivity contribution >= 4 is 5.97 Å². The van der Waals surface area contributed by atoms with E-state index in [9.17, 15) is 4.79 Å². The molecule has 0 heterocycles. The molecule has 0 amide bonds. The summed E-state index contributed by atoms with van der Waals surface area (Å²) in [7, 11) is 0. The Hall–Kier alpha value is -1.31. The molecular formula is C16H30O2. The van der Waals surface area contributed by atoms with E-state index < -0.39 is 5.97 Å². The van der Waals surface area contributed by atoms with Gasteiger partial charge in [0.2, 0.25) is 0 Å². The van der Waals surface area contributed by atoms with Crippen LogP contribution in [0.25, 0.3) is 0 Å². The lowest BCUT2D eigenvalue weighted by molar-refractivity contribution is -0.138. The Morgan fingerprint density at radius 2 is 1.39 bits per heavy atom. The molecule has 1 rings (SSSR count). The molecule has 1 aromatic rings. The van der Waals surface area contributed by atoms with E-state index >= 15 is 0 Å². The van der Waals surface area contributed by atoms with Gasteiger partial charge in [-0.1, -0.05) is 78.8 Å². The van der Waals surface area contributed by atoms with Crippen molar-refractivity contribution in [1.29, 1.82) is 0 Å². The smallest absolute Gasteiger partial charge is 0.310 e. The molecule has 18 heavy (non-hydrogen) atoms. The molecule has 0 aliphatic carbocycles. The first-order chi connectivity index (χ1) is 8.75. The Morgan fingerprint density at radius 1 is 1.00 bits per heavy atom. The summed E-state index contributed by atoms with van der Waals surface area (Å²) < 4.78 is 0. The fourth-order valence-corrected chi connectivity index (χ4v) is 1.24. The Morgan fingerprint density at radius 3 is 1.67 bits per heavy atom. The third kappa shape index (κ3) is 9.88. The number of hydrogen-bond acceptors (Lipinski definition) is 1. The van der Waals surface area contributed by atoms with Crippen molar-refractivity contribution in [2.24, 2.45) is 0 Å². The molecule has 0 saturated carbocycles. The van der Waals surface area contributed by atoms with Gasteiger partial charge in [-0.2, -0.15) is 0 Å². The maximum Gasteiger partial charge on any atom is 0.310 e. The SMILES string of the molecule is CC.CC.CC.CCC(C(=O)O)c1ccccc1. The average molecular weight is 254 g/mol. The van der Waals surface area contributed by atoms with Gasteiger partial charge < -0.3 is 5.11 Å². The van der Waals surface area contributed by atoms with Crippen molar-refractivity contribution in [2.75, 3.05) is 0 Å². The maximum absolute atomic E-state index is 10.7. The highest BCUT2D eigenvalue weighted by Gasteiger charge is 2.16. The van der Waals surface area contributed by atoms with Crippen LogP contribution in [0, 0.1) is 0 Å². The molecule has 1 aromatic carbocycles. The molecule has 2 heteroatoms. The molecule has 0 saturated heterocycles. The second-order valence-corrected chi connectivity index (χ2v) is 2.71. The van der Waals surface area contributed by atoms with Crippen LogP contribution in [-0.4, -0.2) is 11.1 Å². The first kappa shape index (κ1) is 21.9. The number of hydrogen-bond donors (Lipinski definition) is 1. The normalized spacial score (nSPS) is 9.28. The highest BCUT2D eigenvalue weighted by Crippen LogP contribution is 2.18. The lowest BCUT2D eigenvalue weighted by atomic mass is 9.97. The van der Waals surface area contributed by atoms with Crippen molar-refractivity contribution in [2.45, 2.75) is 60.8 Å². The molecule has 0 aliphatic heterocycles. The zero-order valence-electron chi connectivity index (χ0n) is 13.0. The van der Waals surface area contributed by atoms with E-state index in [4.69, 9.17) is 5.11 Å². The minimum absolute atomic E-state index is 0.355. The van der Waals surface area contributed by atoms with E-state index in [1.807, 2.05) is 78.8 Å². The molecule has 0 radical (unpaired) electrons. The Labute approximate surface area is 113 Å². The molecular weight excluding hydrogens is 224 g/mol. The number of aliphatic carboxylic acids is 1. The molecule has 0 fully saturated rings. The van der Waals surface area contributed by atoms with Gasteiger partial charge >= 0.3 is 5.97 Å². The van der Waals surface area contributed by atoms with Crippen LogP contribution >= 0.6 is 0 Å². The van der Waals surface area contributed by atoms with Gasteiger partial charge in [0.15, 0.2) is 0 Å². The van der Waals surface area contributed by atoms with Crippen molar-refractivity contribution in [3.05, 3.63) is 35.9 Å². The molecule has 2 nitrogen and oxygen atoms in total. The van der Waals surface area contributed by atoms with Crippen LogP contribution in [0.5, 0.6) is 0 Å². The van der Waals surface area contributed by atoms with Crippen LogP contribution in [0.4, 0.5) is 0 Å². The monoisotopic (exact) mass is 254 g/mol. The van der Waals surface area contributed by atoms with Crippen LogP contribution in [-0.2, 0) is 4.79 Å². The molecule has 0 spiro atoms. The number of carboxylic acid groups (broad SMARTS) is 1. The number of carbonyl (C=O) groups is 1. The topological polar surface area (TPSA) is 37.3 Å². The van der Waals surface area contributed by atoms with Gasteiger partial charge in [0.05, 0.1) is 5.92 Å². The fraction of sp³-hybridized carbons (Fsp3) is 0.562. The van der Waals surface area contributed by atoms with Gasteiger partial charge in [0.25, 0.3) is 0 Å². The molecule has 0 aromatic heterocycles. The molecule has 1 atom stereocenters. The Balaban J connectivity index is -0.000000328. The Kier molecular flexibility index (Phi) is 22.0. The highest BCUT2D eigenvalue weighted by atomic mass is 16.4. The van der Waals surface area contributed by atoms with E-state index in [1.54, 1.807) is 0 Å². The van der Waals surface area contributed by atoms with Crippen LogP contribution in [0.3, 0.4) is 0 Å². The van der Waals surface area contributed by atoms with Gasteiger partial charge in [-0.3, -0.25) is 4.79 Å². The van der Waals surface area contributed by atoms with Crippen molar-refractivity contribution in [3.63, 3.8) is 0 Å². The van der Waals surface area contributed by atoms with Gasteiger partial charge in [0, 0.05) is 0 Å². The lowest BCUT2D eigenvalue weighted by Crippen LogP contribution is -2.09. The van der Waals surface area contributed by atoms with Crippen molar-refractivity contribution < 1.29 is 9.90 Å². The average Bonchev–Trinajstić information content (AvgIpc) is 2.47. The van der Waals surface area contributed by atoms with Crippen molar-refractivity contribution in [3.8, 4) is 0 Å². The zero-order chi connectivity index (χ0) is 15.0. The third-order valence-corrected chi connectivity index (χ3v) is 1.91. The number of carboxylic acids is 1. The Bertz CT molecular complexity index is 255. The summed E-state index contributed by atoms with van der Waals surface area (Å²) in [6, 6.07) is 9.31. The van der Waals surface area contributed by atoms with E-state index in [0.29, 0.717) is 6.42 Å². The van der Waals surface area contributed by atoms with Crippen LogP contribution in [0.2, 0.25) is 0 Å². The molecule has 0 bridgehead atoms. The van der Waals surface area contributed by atoms with Gasteiger partial charge in [-0.15, -0.1) is 0 Å².